The van der Waals surface area contributed by atoms with Crippen molar-refractivity contribution in [1.29, 1.82) is 0 Å². The molecule has 3 atom stereocenters. The first-order chi connectivity index (χ1) is 13.5. The number of benzene rings is 1. The summed E-state index contributed by atoms with van der Waals surface area (Å²) in [6.07, 6.45) is 11.0. The molecule has 6 nitrogen and oxygen atoms in total. The van der Waals surface area contributed by atoms with E-state index >= 15 is 0 Å². The van der Waals surface area contributed by atoms with Crippen LogP contribution in [-0.4, -0.2) is 41.3 Å². The molecule has 0 radical (unpaired) electrons. The second kappa shape index (κ2) is 8.88. The third-order valence-corrected chi connectivity index (χ3v) is 6.53. The molecule has 3 aromatic rings. The van der Waals surface area contributed by atoms with E-state index in [0.717, 1.165) is 19.3 Å². The normalized spacial score (nSPS) is 26.6. The minimum absolute atomic E-state index is 0.165. The van der Waals surface area contributed by atoms with Crippen LogP contribution in [0.3, 0.4) is 0 Å². The SMILES string of the molecule is Cc1ccc(CC2CCC(C)(CCl)C2(O)Cn2cncn2)cc1.c1c[nH]cn1. The topological polar surface area (TPSA) is 79.6 Å². The Balaban J connectivity index is 0.000000391. The molecular formula is C21H28ClN5O. The van der Waals surface area contributed by atoms with Crippen molar-refractivity contribution < 1.29 is 5.11 Å². The number of hydrogen-bond acceptors (Lipinski definition) is 4. The zero-order valence-corrected chi connectivity index (χ0v) is 17.2. The van der Waals surface area contributed by atoms with Gasteiger partial charge in [-0.3, -0.25) is 4.68 Å². The summed E-state index contributed by atoms with van der Waals surface area (Å²) in [5, 5.41) is 15.8. The Morgan fingerprint density at radius 2 is 2.07 bits per heavy atom. The number of aromatic nitrogens is 5. The highest BCUT2D eigenvalue weighted by molar-refractivity contribution is 6.18. The van der Waals surface area contributed by atoms with Crippen molar-refractivity contribution >= 4 is 11.6 Å². The first-order valence-electron chi connectivity index (χ1n) is 9.56. The summed E-state index contributed by atoms with van der Waals surface area (Å²) in [7, 11) is 0. The second-order valence-electron chi connectivity index (χ2n) is 7.90. The fourth-order valence-corrected chi connectivity index (χ4v) is 4.36. The molecule has 1 aliphatic carbocycles. The molecule has 0 amide bonds. The molecule has 1 saturated carbocycles. The monoisotopic (exact) mass is 401 g/mol. The van der Waals surface area contributed by atoms with Crippen molar-refractivity contribution in [1.82, 2.24) is 24.7 Å². The quantitative estimate of drug-likeness (QED) is 0.640. The molecule has 3 unspecified atom stereocenters. The fourth-order valence-electron chi connectivity index (χ4n) is 4.00. The van der Waals surface area contributed by atoms with Gasteiger partial charge in [-0.15, -0.1) is 11.6 Å². The van der Waals surface area contributed by atoms with Crippen molar-refractivity contribution in [3.63, 3.8) is 0 Å². The van der Waals surface area contributed by atoms with Gasteiger partial charge in [0.25, 0.3) is 0 Å². The van der Waals surface area contributed by atoms with Gasteiger partial charge < -0.3 is 10.1 Å². The largest absolute Gasteiger partial charge is 0.387 e. The molecular weight excluding hydrogens is 374 g/mol. The van der Waals surface area contributed by atoms with Crippen LogP contribution in [0.4, 0.5) is 0 Å². The standard InChI is InChI=1S/C18H24ClN3O.C3H4N2/c1-14-3-5-15(6-4-14)9-16-7-8-17(2,10-19)18(16,23)11-22-13-20-12-21-22;1-2-5-3-4-1/h3-6,12-13,16,23H,7-11H2,1-2H3;1-3H,(H,4,5). The van der Waals surface area contributed by atoms with Gasteiger partial charge in [0.1, 0.15) is 12.7 Å². The number of H-pyrrole nitrogens is 1. The lowest BCUT2D eigenvalue weighted by Crippen LogP contribution is -2.51. The minimum atomic E-state index is -0.882. The Bertz CT molecular complexity index is 804. The van der Waals surface area contributed by atoms with E-state index in [1.165, 1.54) is 17.5 Å². The van der Waals surface area contributed by atoms with E-state index in [4.69, 9.17) is 11.6 Å². The first-order valence-corrected chi connectivity index (χ1v) is 10.1. The molecule has 150 valence electrons. The van der Waals surface area contributed by atoms with E-state index in [0.29, 0.717) is 12.4 Å². The smallest absolute Gasteiger partial charge is 0.137 e. The van der Waals surface area contributed by atoms with E-state index in [9.17, 15) is 5.11 Å². The van der Waals surface area contributed by atoms with Gasteiger partial charge in [-0.2, -0.15) is 5.10 Å². The maximum absolute atomic E-state index is 11.6. The van der Waals surface area contributed by atoms with Gasteiger partial charge in [0.2, 0.25) is 0 Å². The molecule has 0 spiro atoms. The number of alkyl halides is 1. The Morgan fingerprint density at radius 3 is 2.61 bits per heavy atom. The molecule has 0 aliphatic heterocycles. The summed E-state index contributed by atoms with van der Waals surface area (Å²) < 4.78 is 1.72. The molecule has 1 aromatic carbocycles. The molecule has 7 heteroatoms. The zero-order valence-electron chi connectivity index (χ0n) is 16.4. The number of aryl methyl sites for hydroxylation is 1. The molecule has 28 heavy (non-hydrogen) atoms. The summed E-state index contributed by atoms with van der Waals surface area (Å²) in [5.41, 5.74) is 1.32. The molecule has 1 aliphatic rings. The lowest BCUT2D eigenvalue weighted by molar-refractivity contribution is -0.0891. The summed E-state index contributed by atoms with van der Waals surface area (Å²) in [6, 6.07) is 8.56. The molecule has 2 heterocycles. The van der Waals surface area contributed by atoms with Crippen LogP contribution in [0.25, 0.3) is 0 Å². The first kappa shape index (κ1) is 20.6. The number of aliphatic hydroxyl groups is 1. The molecule has 0 bridgehead atoms. The van der Waals surface area contributed by atoms with Gasteiger partial charge >= 0.3 is 0 Å². The van der Waals surface area contributed by atoms with E-state index in [-0.39, 0.29) is 11.3 Å². The Kier molecular flexibility index (Phi) is 6.52. The van der Waals surface area contributed by atoms with E-state index in [1.807, 2.05) is 0 Å². The van der Waals surface area contributed by atoms with E-state index in [1.54, 1.807) is 29.7 Å². The van der Waals surface area contributed by atoms with Crippen molar-refractivity contribution in [3.05, 3.63) is 66.8 Å². The minimum Gasteiger partial charge on any atom is -0.387 e. The lowest BCUT2D eigenvalue weighted by Gasteiger charge is -2.42. The van der Waals surface area contributed by atoms with E-state index in [2.05, 4.69) is 58.2 Å². The summed E-state index contributed by atoms with van der Waals surface area (Å²) in [5.74, 6) is 0.612. The van der Waals surface area contributed by atoms with Crippen molar-refractivity contribution in [2.75, 3.05) is 5.88 Å². The average molecular weight is 402 g/mol. The van der Waals surface area contributed by atoms with Gasteiger partial charge in [-0.1, -0.05) is 36.8 Å². The maximum Gasteiger partial charge on any atom is 0.137 e. The number of nitrogens with zero attached hydrogens (tertiary/aromatic N) is 4. The number of aromatic amines is 1. The third kappa shape index (κ3) is 4.45. The van der Waals surface area contributed by atoms with Crippen molar-refractivity contribution in [3.8, 4) is 0 Å². The lowest BCUT2D eigenvalue weighted by atomic mass is 9.72. The van der Waals surface area contributed by atoms with Crippen LogP contribution in [0.5, 0.6) is 0 Å². The number of nitrogens with one attached hydrogen (secondary N) is 1. The summed E-state index contributed by atoms with van der Waals surface area (Å²) in [6.45, 7) is 4.61. The van der Waals surface area contributed by atoms with Gasteiger partial charge in [0.05, 0.1) is 18.5 Å². The van der Waals surface area contributed by atoms with Crippen LogP contribution in [0.15, 0.2) is 55.6 Å². The predicted molar refractivity (Wildman–Crippen MR) is 110 cm³/mol. The summed E-state index contributed by atoms with van der Waals surface area (Å²) in [4.78, 5) is 10.4. The molecule has 1 fully saturated rings. The highest BCUT2D eigenvalue weighted by atomic mass is 35.5. The average Bonchev–Trinajstić information content (AvgIpc) is 3.45. The van der Waals surface area contributed by atoms with Gasteiger partial charge in [-0.25, -0.2) is 9.97 Å². The van der Waals surface area contributed by atoms with Crippen molar-refractivity contribution in [2.24, 2.45) is 11.3 Å². The molecule has 2 N–H and O–H groups in total. The summed E-state index contributed by atoms with van der Waals surface area (Å²) >= 11 is 6.26. The van der Waals surface area contributed by atoms with Crippen LogP contribution in [-0.2, 0) is 13.0 Å². The fraction of sp³-hybridized carbons (Fsp3) is 0.476. The highest BCUT2D eigenvalue weighted by Gasteiger charge is 2.56. The van der Waals surface area contributed by atoms with Crippen LogP contribution < -0.4 is 0 Å². The third-order valence-electron chi connectivity index (χ3n) is 5.94. The Hall–Kier alpha value is -2.18. The van der Waals surface area contributed by atoms with Crippen LogP contribution in [0.2, 0.25) is 0 Å². The number of rotatable bonds is 5. The van der Waals surface area contributed by atoms with Crippen molar-refractivity contribution in [2.45, 2.75) is 45.3 Å². The number of halogens is 1. The zero-order chi connectivity index (χ0) is 20.0. The number of hydrogen-bond donors (Lipinski definition) is 2. The highest BCUT2D eigenvalue weighted by Crippen LogP contribution is 2.52. The maximum atomic E-state index is 11.6. The van der Waals surface area contributed by atoms with Crippen LogP contribution in [0, 0.1) is 18.3 Å². The molecule has 4 rings (SSSR count). The van der Waals surface area contributed by atoms with Gasteiger partial charge in [0.15, 0.2) is 0 Å². The molecule has 2 aromatic heterocycles. The van der Waals surface area contributed by atoms with Crippen LogP contribution >= 0.6 is 11.6 Å². The van der Waals surface area contributed by atoms with E-state index < -0.39 is 5.60 Å². The Labute approximate surface area is 171 Å². The Morgan fingerprint density at radius 1 is 1.29 bits per heavy atom. The number of imidazole rings is 1. The van der Waals surface area contributed by atoms with Gasteiger partial charge in [0, 0.05) is 23.7 Å². The molecule has 0 saturated heterocycles. The van der Waals surface area contributed by atoms with Crippen LogP contribution in [0.1, 0.15) is 30.9 Å². The second-order valence-corrected chi connectivity index (χ2v) is 8.16. The van der Waals surface area contributed by atoms with Gasteiger partial charge in [-0.05, 0) is 37.7 Å². The predicted octanol–water partition coefficient (Wildman–Crippen LogP) is 3.63.